The molecule has 0 spiro atoms. The maximum Gasteiger partial charge on any atom is 0.394 e. The van der Waals surface area contributed by atoms with Crippen LogP contribution in [-0.2, 0) is 23.6 Å². The Balaban J connectivity index is 0.00000108. The predicted octanol–water partition coefficient (Wildman–Crippen LogP) is 1.91. The molecule has 0 bridgehead atoms. The van der Waals surface area contributed by atoms with Crippen LogP contribution < -0.4 is 20.5 Å². The number of hydrogen-bond acceptors (Lipinski definition) is 9. The van der Waals surface area contributed by atoms with Crippen molar-refractivity contribution in [1.29, 1.82) is 0 Å². The van der Waals surface area contributed by atoms with E-state index >= 15 is 0 Å². The van der Waals surface area contributed by atoms with Gasteiger partial charge in [-0.3, -0.25) is 9.35 Å². The van der Waals surface area contributed by atoms with Crippen LogP contribution in [0.15, 0.2) is 48.7 Å². The van der Waals surface area contributed by atoms with Crippen molar-refractivity contribution in [3.8, 4) is 28.6 Å². The van der Waals surface area contributed by atoms with E-state index in [1.165, 1.54) is 29.0 Å². The lowest BCUT2D eigenvalue weighted by Crippen LogP contribution is -2.33. The van der Waals surface area contributed by atoms with Crippen LogP contribution in [0.5, 0.6) is 17.2 Å². The summed E-state index contributed by atoms with van der Waals surface area (Å²) in [7, 11) is -2.04. The number of nitrogens with two attached hydrogens (primary N) is 1. The minimum absolute atomic E-state index is 0.0191. The number of imidazole rings is 1. The average Bonchev–Trinajstić information content (AvgIpc) is 3.20. The molecule has 3 aromatic rings. The standard InChI is InChI=1S/C24H27F3N4O5.CH4O3S/c1-31-13-16(11-24(25,26)27)30-23(31)15-2-4-18(5-3-15)36-14-17(32)12-29-8-9-35-19-6-7-21(33)20(10-19)22(28)34;1-5(2,3)4/h2-7,10,13,17,29,32-33H,8-9,11-12,14H2,1H3,(H2,28,34);1H3,(H,2,3,4). The smallest absolute Gasteiger partial charge is 0.394 e. The first-order valence-electron chi connectivity index (χ1n) is 11.9. The number of amides is 1. The zero-order valence-corrected chi connectivity index (χ0v) is 22.9. The fraction of sp³-hybridized carbons (Fsp3) is 0.360. The van der Waals surface area contributed by atoms with Crippen molar-refractivity contribution in [3.05, 3.63) is 59.9 Å². The van der Waals surface area contributed by atoms with Crippen molar-refractivity contribution in [2.24, 2.45) is 12.8 Å². The highest BCUT2D eigenvalue weighted by Crippen LogP contribution is 2.25. The van der Waals surface area contributed by atoms with Crippen LogP contribution in [-0.4, -0.2) is 83.5 Å². The summed E-state index contributed by atoms with van der Waals surface area (Å²) in [5.74, 6) is 0.282. The van der Waals surface area contributed by atoms with E-state index < -0.39 is 34.7 Å². The Labute approximate surface area is 234 Å². The molecule has 41 heavy (non-hydrogen) atoms. The van der Waals surface area contributed by atoms with Gasteiger partial charge in [0.2, 0.25) is 0 Å². The number of halogens is 3. The number of nitrogens with zero attached hydrogens (tertiary/aromatic N) is 2. The van der Waals surface area contributed by atoms with Crippen LogP contribution in [0.25, 0.3) is 11.4 Å². The second-order valence-electron chi connectivity index (χ2n) is 8.78. The Kier molecular flexibility index (Phi) is 11.9. The second-order valence-corrected chi connectivity index (χ2v) is 10.2. The van der Waals surface area contributed by atoms with Gasteiger partial charge in [-0.15, -0.1) is 0 Å². The quantitative estimate of drug-likeness (QED) is 0.151. The van der Waals surface area contributed by atoms with Gasteiger partial charge in [-0.1, -0.05) is 0 Å². The molecule has 0 saturated carbocycles. The number of alkyl halides is 3. The number of aromatic hydroxyl groups is 1. The number of ether oxygens (including phenoxy) is 2. The fourth-order valence-corrected chi connectivity index (χ4v) is 3.35. The Hall–Kier alpha value is -3.86. The highest BCUT2D eigenvalue weighted by molar-refractivity contribution is 7.85. The Morgan fingerprint density at radius 2 is 1.76 bits per heavy atom. The number of benzene rings is 2. The number of phenols is 1. The number of carbonyl (C=O) groups excluding carboxylic acids is 1. The Morgan fingerprint density at radius 1 is 1.15 bits per heavy atom. The summed E-state index contributed by atoms with van der Waals surface area (Å²) >= 11 is 0. The minimum atomic E-state index is -4.32. The van der Waals surface area contributed by atoms with Gasteiger partial charge in [0, 0.05) is 31.9 Å². The molecular formula is C25H31F3N4O8S. The van der Waals surface area contributed by atoms with Gasteiger partial charge in [-0.2, -0.15) is 21.6 Å². The predicted molar refractivity (Wildman–Crippen MR) is 142 cm³/mol. The van der Waals surface area contributed by atoms with Gasteiger partial charge in [0.25, 0.3) is 16.0 Å². The lowest BCUT2D eigenvalue weighted by Gasteiger charge is -2.14. The number of nitrogens with one attached hydrogen (secondary N) is 1. The SMILES string of the molecule is CS(=O)(=O)O.Cn1cc(CC(F)(F)F)nc1-c1ccc(OCC(O)CNCCOc2ccc(O)c(C(N)=O)c2)cc1. The van der Waals surface area contributed by atoms with Gasteiger partial charge < -0.3 is 35.3 Å². The molecule has 0 aliphatic rings. The van der Waals surface area contributed by atoms with Crippen molar-refractivity contribution in [2.45, 2.75) is 18.7 Å². The van der Waals surface area contributed by atoms with Crippen molar-refractivity contribution in [3.63, 3.8) is 0 Å². The van der Waals surface area contributed by atoms with E-state index in [2.05, 4.69) is 10.3 Å². The van der Waals surface area contributed by atoms with E-state index in [0.717, 1.165) is 0 Å². The molecule has 2 aromatic carbocycles. The molecule has 1 amide bonds. The molecule has 0 fully saturated rings. The summed E-state index contributed by atoms with van der Waals surface area (Å²) in [6, 6.07) is 10.8. The molecule has 1 aromatic heterocycles. The molecular weight excluding hydrogens is 573 g/mol. The minimum Gasteiger partial charge on any atom is -0.507 e. The molecule has 0 aliphatic carbocycles. The number of rotatable bonds is 12. The maximum atomic E-state index is 12.6. The fourth-order valence-electron chi connectivity index (χ4n) is 3.35. The van der Waals surface area contributed by atoms with E-state index in [9.17, 15) is 36.6 Å². The third-order valence-corrected chi connectivity index (χ3v) is 5.02. The number of aliphatic hydroxyl groups is 1. The zero-order chi connectivity index (χ0) is 30.8. The van der Waals surface area contributed by atoms with E-state index in [1.54, 1.807) is 31.3 Å². The molecule has 1 heterocycles. The summed E-state index contributed by atoms with van der Waals surface area (Å²) in [5.41, 5.74) is 5.72. The van der Waals surface area contributed by atoms with E-state index in [1.807, 2.05) is 0 Å². The molecule has 12 nitrogen and oxygen atoms in total. The monoisotopic (exact) mass is 604 g/mol. The normalized spacial score (nSPS) is 12.3. The summed E-state index contributed by atoms with van der Waals surface area (Å²) in [4.78, 5) is 15.3. The van der Waals surface area contributed by atoms with Crippen LogP contribution in [0.4, 0.5) is 13.2 Å². The van der Waals surface area contributed by atoms with Crippen LogP contribution in [0.2, 0.25) is 0 Å². The number of hydrogen-bond donors (Lipinski definition) is 5. The number of aryl methyl sites for hydroxylation is 1. The molecule has 1 atom stereocenters. The summed E-state index contributed by atoms with van der Waals surface area (Å²) in [5, 5.41) is 22.7. The van der Waals surface area contributed by atoms with Crippen molar-refractivity contribution in [1.82, 2.24) is 14.9 Å². The third kappa shape index (κ3) is 12.9. The first-order valence-corrected chi connectivity index (χ1v) is 13.8. The van der Waals surface area contributed by atoms with E-state index in [-0.39, 0.29) is 36.8 Å². The van der Waals surface area contributed by atoms with Crippen molar-refractivity contribution in [2.75, 3.05) is 32.6 Å². The van der Waals surface area contributed by atoms with Gasteiger partial charge in [0.05, 0.1) is 23.9 Å². The largest absolute Gasteiger partial charge is 0.507 e. The number of primary amides is 1. The average molecular weight is 605 g/mol. The molecule has 226 valence electrons. The van der Waals surface area contributed by atoms with Crippen LogP contribution in [0.1, 0.15) is 16.1 Å². The van der Waals surface area contributed by atoms with E-state index in [4.69, 9.17) is 19.8 Å². The summed E-state index contributed by atoms with van der Waals surface area (Å²) < 4.78 is 76.3. The Bertz CT molecular complexity index is 1390. The zero-order valence-electron chi connectivity index (χ0n) is 22.1. The van der Waals surface area contributed by atoms with Crippen LogP contribution in [0.3, 0.4) is 0 Å². The molecule has 16 heteroatoms. The van der Waals surface area contributed by atoms with Gasteiger partial charge in [0.15, 0.2) is 0 Å². The number of carbonyl (C=O) groups is 1. The van der Waals surface area contributed by atoms with Gasteiger partial charge >= 0.3 is 6.18 Å². The van der Waals surface area contributed by atoms with E-state index in [0.29, 0.717) is 35.7 Å². The summed E-state index contributed by atoms with van der Waals surface area (Å²) in [6.45, 7) is 0.901. The lowest BCUT2D eigenvalue weighted by atomic mass is 10.2. The highest BCUT2D eigenvalue weighted by Gasteiger charge is 2.29. The Morgan fingerprint density at radius 3 is 2.34 bits per heavy atom. The number of aromatic nitrogens is 2. The summed E-state index contributed by atoms with van der Waals surface area (Å²) in [6.07, 6.45) is -4.15. The highest BCUT2D eigenvalue weighted by atomic mass is 32.2. The maximum absolute atomic E-state index is 12.6. The molecule has 0 aliphatic heterocycles. The lowest BCUT2D eigenvalue weighted by molar-refractivity contribution is -0.127. The first-order chi connectivity index (χ1) is 19.0. The van der Waals surface area contributed by atoms with Crippen molar-refractivity contribution >= 4 is 16.0 Å². The molecule has 3 rings (SSSR count). The first kappa shape index (κ1) is 33.3. The van der Waals surface area contributed by atoms with Gasteiger partial charge in [0.1, 0.15) is 42.4 Å². The topological polar surface area (TPSA) is 186 Å². The van der Waals surface area contributed by atoms with Gasteiger partial charge in [-0.25, -0.2) is 4.98 Å². The second kappa shape index (κ2) is 14.7. The van der Waals surface area contributed by atoms with Gasteiger partial charge in [-0.05, 0) is 42.5 Å². The van der Waals surface area contributed by atoms with Crippen LogP contribution >= 0.6 is 0 Å². The molecule has 0 radical (unpaired) electrons. The molecule has 6 N–H and O–H groups in total. The molecule has 0 saturated heterocycles. The van der Waals surface area contributed by atoms with Crippen LogP contribution in [0, 0.1) is 0 Å². The molecule has 1 unspecified atom stereocenters. The third-order valence-electron chi connectivity index (χ3n) is 5.02. The van der Waals surface area contributed by atoms with Crippen molar-refractivity contribution < 1.29 is 50.6 Å². The number of aliphatic hydroxyl groups excluding tert-OH is 1.